The average molecular weight is 307 g/mol. The van der Waals surface area contributed by atoms with Crippen LogP contribution in [-0.4, -0.2) is 21.3 Å². The topological polar surface area (TPSA) is 56.7 Å². The van der Waals surface area contributed by atoms with Crippen molar-refractivity contribution in [3.8, 4) is 0 Å². The number of pyridine rings is 1. The molecule has 2 aromatic heterocycles. The lowest BCUT2D eigenvalue weighted by Gasteiger charge is -2.06. The van der Waals surface area contributed by atoms with E-state index in [-0.39, 0.29) is 0 Å². The van der Waals surface area contributed by atoms with Crippen molar-refractivity contribution in [3.63, 3.8) is 0 Å². The Hall–Kier alpha value is -1.60. The summed E-state index contributed by atoms with van der Waals surface area (Å²) in [4.78, 5) is 3.35. The van der Waals surface area contributed by atoms with Gasteiger partial charge in [-0.25, -0.2) is 0 Å². The van der Waals surface area contributed by atoms with Crippen LogP contribution in [0.25, 0.3) is 0 Å². The Morgan fingerprint density at radius 3 is 2.35 bits per heavy atom. The number of hydrogen-bond donors (Lipinski definition) is 1. The predicted molar refractivity (Wildman–Crippen MR) is 70.3 cm³/mol. The molecule has 0 aromatic carbocycles. The summed E-state index contributed by atoms with van der Waals surface area (Å²) in [5.74, 6) is 0. The third-order valence-corrected chi connectivity index (χ3v) is 2.26. The molecule has 0 atom stereocenters. The van der Waals surface area contributed by atoms with Crippen LogP contribution in [0.4, 0.5) is 13.2 Å². The van der Waals surface area contributed by atoms with Crippen molar-refractivity contribution < 1.29 is 13.2 Å². The monoisotopic (exact) mass is 306 g/mol. The standard InChI is InChI=1S/C10H7ClF3N3.C2H7N/c11-8-4-16-17(6-8)5-7-1-2-9(15-3-7)10(12,13)14;1-2-3/h1-4,6H,5H2;2-3H2,1H3. The normalized spacial score (nSPS) is 10.9. The summed E-state index contributed by atoms with van der Waals surface area (Å²) >= 11 is 5.66. The molecule has 0 bridgehead atoms. The van der Waals surface area contributed by atoms with Gasteiger partial charge in [0.05, 0.1) is 17.8 Å². The van der Waals surface area contributed by atoms with Crippen LogP contribution in [0.2, 0.25) is 5.02 Å². The maximum atomic E-state index is 12.3. The van der Waals surface area contributed by atoms with E-state index >= 15 is 0 Å². The van der Waals surface area contributed by atoms with Crippen LogP contribution >= 0.6 is 11.6 Å². The van der Waals surface area contributed by atoms with Crippen LogP contribution in [0.5, 0.6) is 0 Å². The van der Waals surface area contributed by atoms with Gasteiger partial charge in [-0.2, -0.15) is 18.3 Å². The van der Waals surface area contributed by atoms with Crippen molar-refractivity contribution in [2.24, 2.45) is 5.73 Å². The van der Waals surface area contributed by atoms with Crippen molar-refractivity contribution in [1.29, 1.82) is 0 Å². The van der Waals surface area contributed by atoms with E-state index in [1.54, 1.807) is 6.20 Å². The minimum Gasteiger partial charge on any atom is -0.331 e. The molecule has 20 heavy (non-hydrogen) atoms. The fraction of sp³-hybridized carbons (Fsp3) is 0.333. The highest BCUT2D eigenvalue weighted by molar-refractivity contribution is 6.30. The first-order valence-electron chi connectivity index (χ1n) is 5.77. The number of alkyl halides is 3. The summed E-state index contributed by atoms with van der Waals surface area (Å²) in [7, 11) is 0. The van der Waals surface area contributed by atoms with Gasteiger partial charge in [0.25, 0.3) is 0 Å². The van der Waals surface area contributed by atoms with E-state index in [9.17, 15) is 13.2 Å². The van der Waals surface area contributed by atoms with Gasteiger partial charge in [-0.15, -0.1) is 0 Å². The minimum atomic E-state index is -4.41. The number of hydrogen-bond acceptors (Lipinski definition) is 3. The van der Waals surface area contributed by atoms with E-state index < -0.39 is 11.9 Å². The van der Waals surface area contributed by atoms with Gasteiger partial charge in [0.2, 0.25) is 0 Å². The molecule has 2 rings (SSSR count). The number of rotatable bonds is 2. The molecule has 4 nitrogen and oxygen atoms in total. The molecule has 0 spiro atoms. The number of aromatic nitrogens is 3. The Bertz CT molecular complexity index is 522. The van der Waals surface area contributed by atoms with Crippen molar-refractivity contribution in [1.82, 2.24) is 14.8 Å². The quantitative estimate of drug-likeness (QED) is 0.928. The Morgan fingerprint density at radius 1 is 1.30 bits per heavy atom. The number of halogens is 4. The number of nitrogens with zero attached hydrogens (tertiary/aromatic N) is 3. The predicted octanol–water partition coefficient (Wildman–Crippen LogP) is 2.96. The van der Waals surface area contributed by atoms with Gasteiger partial charge in [-0.05, 0) is 18.2 Å². The van der Waals surface area contributed by atoms with Gasteiger partial charge < -0.3 is 5.73 Å². The Morgan fingerprint density at radius 2 is 1.95 bits per heavy atom. The molecule has 0 unspecified atom stereocenters. The highest BCUT2D eigenvalue weighted by Gasteiger charge is 2.31. The van der Waals surface area contributed by atoms with Crippen LogP contribution in [0.3, 0.4) is 0 Å². The molecule has 110 valence electrons. The third kappa shape index (κ3) is 5.18. The lowest BCUT2D eigenvalue weighted by molar-refractivity contribution is -0.141. The summed E-state index contributed by atoms with van der Waals surface area (Å²) in [6.45, 7) is 2.98. The second-order valence-electron chi connectivity index (χ2n) is 3.81. The first-order chi connectivity index (χ1) is 9.36. The van der Waals surface area contributed by atoms with E-state index in [0.29, 0.717) is 17.1 Å². The van der Waals surface area contributed by atoms with Crippen molar-refractivity contribution in [3.05, 3.63) is 47.0 Å². The second kappa shape index (κ2) is 7.25. The van der Waals surface area contributed by atoms with E-state index in [1.807, 2.05) is 6.92 Å². The van der Waals surface area contributed by atoms with Crippen LogP contribution in [0.15, 0.2) is 30.7 Å². The van der Waals surface area contributed by atoms with Gasteiger partial charge in [0.15, 0.2) is 0 Å². The molecule has 8 heteroatoms. The third-order valence-electron chi connectivity index (χ3n) is 2.06. The molecule has 0 amide bonds. The van der Waals surface area contributed by atoms with Gasteiger partial charge in [-0.3, -0.25) is 9.67 Å². The SMILES string of the molecule is CCN.FC(F)(F)c1ccc(Cn2cc(Cl)cn2)cn1. The molecule has 0 radical (unpaired) electrons. The summed E-state index contributed by atoms with van der Waals surface area (Å²) in [6, 6.07) is 2.31. The molecule has 0 aliphatic heterocycles. The van der Waals surface area contributed by atoms with E-state index in [0.717, 1.165) is 12.6 Å². The van der Waals surface area contributed by atoms with Crippen molar-refractivity contribution in [2.75, 3.05) is 6.54 Å². The molecular weight excluding hydrogens is 293 g/mol. The molecule has 0 saturated carbocycles. The van der Waals surface area contributed by atoms with E-state index in [4.69, 9.17) is 17.3 Å². The molecule has 2 N–H and O–H groups in total. The van der Waals surface area contributed by atoms with Crippen molar-refractivity contribution >= 4 is 11.6 Å². The summed E-state index contributed by atoms with van der Waals surface area (Å²) < 4.78 is 38.3. The van der Waals surface area contributed by atoms with E-state index in [2.05, 4.69) is 10.1 Å². The smallest absolute Gasteiger partial charge is 0.331 e. The minimum absolute atomic E-state index is 0.331. The fourth-order valence-corrected chi connectivity index (χ4v) is 1.45. The van der Waals surface area contributed by atoms with Gasteiger partial charge in [0, 0.05) is 12.4 Å². The van der Waals surface area contributed by atoms with Crippen LogP contribution < -0.4 is 5.73 Å². The van der Waals surface area contributed by atoms with Crippen LogP contribution in [0, 0.1) is 0 Å². The first kappa shape index (κ1) is 16.5. The molecule has 0 saturated heterocycles. The van der Waals surface area contributed by atoms with Gasteiger partial charge in [-0.1, -0.05) is 24.6 Å². The van der Waals surface area contributed by atoms with Crippen molar-refractivity contribution in [2.45, 2.75) is 19.6 Å². The molecule has 0 fully saturated rings. The van der Waals surface area contributed by atoms with Crippen LogP contribution in [0.1, 0.15) is 18.2 Å². The molecule has 2 aromatic rings. The summed E-state index contributed by atoms with van der Waals surface area (Å²) in [5.41, 5.74) is 4.57. The number of nitrogens with two attached hydrogens (primary N) is 1. The largest absolute Gasteiger partial charge is 0.433 e. The lowest BCUT2D eigenvalue weighted by Crippen LogP contribution is -2.08. The second-order valence-corrected chi connectivity index (χ2v) is 4.25. The highest BCUT2D eigenvalue weighted by Crippen LogP contribution is 2.27. The lowest BCUT2D eigenvalue weighted by atomic mass is 10.2. The maximum Gasteiger partial charge on any atom is 0.433 e. The van der Waals surface area contributed by atoms with Gasteiger partial charge >= 0.3 is 6.18 Å². The molecular formula is C12H14ClF3N4. The molecule has 0 aliphatic carbocycles. The fourth-order valence-electron chi connectivity index (χ4n) is 1.30. The Labute approximate surface area is 119 Å². The zero-order chi connectivity index (χ0) is 15.2. The maximum absolute atomic E-state index is 12.3. The molecule has 0 aliphatic rings. The summed E-state index contributed by atoms with van der Waals surface area (Å²) in [6.07, 6.45) is -0.190. The summed E-state index contributed by atoms with van der Waals surface area (Å²) in [5, 5.41) is 4.39. The Balaban J connectivity index is 0.000000612. The zero-order valence-corrected chi connectivity index (χ0v) is 11.5. The van der Waals surface area contributed by atoms with Gasteiger partial charge in [0.1, 0.15) is 5.69 Å². The first-order valence-corrected chi connectivity index (χ1v) is 6.14. The average Bonchev–Trinajstić information content (AvgIpc) is 2.75. The highest BCUT2D eigenvalue weighted by atomic mass is 35.5. The zero-order valence-electron chi connectivity index (χ0n) is 10.7. The van der Waals surface area contributed by atoms with Crippen LogP contribution in [-0.2, 0) is 12.7 Å². The molecule has 2 heterocycles. The Kier molecular flexibility index (Phi) is 5.97. The van der Waals surface area contributed by atoms with E-state index in [1.165, 1.54) is 23.1 Å².